The number of carbonyl (C=O) groups excluding carboxylic acids is 1. The molecule has 2 rings (SSSR count). The first-order valence-electron chi connectivity index (χ1n) is 6.85. The second-order valence-corrected chi connectivity index (χ2v) is 5.24. The quantitative estimate of drug-likeness (QED) is 0.672. The van der Waals surface area contributed by atoms with Crippen molar-refractivity contribution in [3.63, 3.8) is 0 Å². The van der Waals surface area contributed by atoms with E-state index in [1.807, 2.05) is 0 Å². The highest BCUT2D eigenvalue weighted by Gasteiger charge is 2.24. The summed E-state index contributed by atoms with van der Waals surface area (Å²) in [6.45, 7) is 2.15. The Labute approximate surface area is 112 Å². The fourth-order valence-corrected chi connectivity index (χ4v) is 2.67. The van der Waals surface area contributed by atoms with E-state index in [0.717, 1.165) is 25.7 Å². The predicted molar refractivity (Wildman–Crippen MR) is 72.3 cm³/mol. The molecule has 1 aliphatic carbocycles. The van der Waals surface area contributed by atoms with E-state index in [1.54, 1.807) is 0 Å². The average molecular weight is 265 g/mol. The molecule has 0 amide bonds. The lowest BCUT2D eigenvalue weighted by Gasteiger charge is -2.28. The fraction of sp³-hybridized carbons (Fsp3) is 0.533. The van der Waals surface area contributed by atoms with Crippen molar-refractivity contribution in [2.75, 3.05) is 5.73 Å². The Morgan fingerprint density at radius 3 is 2.89 bits per heavy atom. The Morgan fingerprint density at radius 2 is 2.21 bits per heavy atom. The normalized spacial score (nSPS) is 23.1. The number of halogens is 1. The van der Waals surface area contributed by atoms with Crippen molar-refractivity contribution >= 4 is 11.7 Å². The summed E-state index contributed by atoms with van der Waals surface area (Å²) in [5.74, 6) is -0.362. The molecule has 2 N–H and O–H groups in total. The SMILES string of the molecule is CCC1CCCC(OC(=O)c2cc(N)cc(F)c2)C1. The van der Waals surface area contributed by atoms with Gasteiger partial charge in [-0.05, 0) is 43.4 Å². The molecule has 0 aromatic heterocycles. The lowest BCUT2D eigenvalue weighted by molar-refractivity contribution is 0.0139. The van der Waals surface area contributed by atoms with Crippen molar-refractivity contribution in [3.8, 4) is 0 Å². The van der Waals surface area contributed by atoms with Crippen molar-refractivity contribution < 1.29 is 13.9 Å². The van der Waals surface area contributed by atoms with Gasteiger partial charge in [0.2, 0.25) is 0 Å². The largest absolute Gasteiger partial charge is 0.459 e. The Balaban J connectivity index is 2.00. The molecular weight excluding hydrogens is 245 g/mol. The van der Waals surface area contributed by atoms with Gasteiger partial charge in [0.25, 0.3) is 0 Å². The zero-order valence-electron chi connectivity index (χ0n) is 11.2. The smallest absolute Gasteiger partial charge is 0.338 e. The van der Waals surface area contributed by atoms with Gasteiger partial charge in [-0.25, -0.2) is 9.18 Å². The standard InChI is InChI=1S/C15H20FNO2/c1-2-10-4-3-5-14(6-10)19-15(18)11-7-12(16)9-13(17)8-11/h7-10,14H,2-6,17H2,1H3. The minimum Gasteiger partial charge on any atom is -0.459 e. The molecule has 1 saturated carbocycles. The van der Waals surface area contributed by atoms with Gasteiger partial charge in [0.15, 0.2) is 0 Å². The number of anilines is 1. The minimum absolute atomic E-state index is 0.0457. The molecule has 1 fully saturated rings. The van der Waals surface area contributed by atoms with Gasteiger partial charge >= 0.3 is 5.97 Å². The van der Waals surface area contributed by atoms with Crippen LogP contribution in [0, 0.1) is 11.7 Å². The average Bonchev–Trinajstić information content (AvgIpc) is 2.37. The number of carbonyl (C=O) groups is 1. The van der Waals surface area contributed by atoms with Gasteiger partial charge in [0, 0.05) is 5.69 Å². The van der Waals surface area contributed by atoms with E-state index < -0.39 is 11.8 Å². The van der Waals surface area contributed by atoms with E-state index in [4.69, 9.17) is 10.5 Å². The molecule has 1 aliphatic rings. The molecule has 0 heterocycles. The number of nitrogens with two attached hydrogens (primary N) is 1. The third-order valence-electron chi connectivity index (χ3n) is 3.74. The molecule has 104 valence electrons. The summed E-state index contributed by atoms with van der Waals surface area (Å²) >= 11 is 0. The first kappa shape index (κ1) is 13.8. The van der Waals surface area contributed by atoms with Crippen LogP contribution in [0.25, 0.3) is 0 Å². The summed E-state index contributed by atoms with van der Waals surface area (Å²) in [5.41, 5.74) is 5.96. The van der Waals surface area contributed by atoms with E-state index >= 15 is 0 Å². The van der Waals surface area contributed by atoms with Crippen LogP contribution in [0.5, 0.6) is 0 Å². The van der Waals surface area contributed by atoms with Crippen LogP contribution in [-0.2, 0) is 4.74 Å². The van der Waals surface area contributed by atoms with Crippen LogP contribution in [-0.4, -0.2) is 12.1 Å². The Morgan fingerprint density at radius 1 is 1.42 bits per heavy atom. The molecule has 1 aromatic carbocycles. The van der Waals surface area contributed by atoms with E-state index in [1.165, 1.54) is 24.6 Å². The maximum absolute atomic E-state index is 13.2. The Bertz CT molecular complexity index is 441. The molecule has 0 radical (unpaired) electrons. The summed E-state index contributed by atoms with van der Waals surface area (Å²) in [4.78, 5) is 12.0. The summed E-state index contributed by atoms with van der Waals surface area (Å²) in [5, 5.41) is 0. The van der Waals surface area contributed by atoms with E-state index in [0.29, 0.717) is 5.92 Å². The minimum atomic E-state index is -0.512. The first-order valence-corrected chi connectivity index (χ1v) is 6.85. The van der Waals surface area contributed by atoms with Crippen LogP contribution in [0.2, 0.25) is 0 Å². The Hall–Kier alpha value is -1.58. The monoisotopic (exact) mass is 265 g/mol. The van der Waals surface area contributed by atoms with Crippen molar-refractivity contribution in [3.05, 3.63) is 29.6 Å². The van der Waals surface area contributed by atoms with Gasteiger partial charge in [-0.3, -0.25) is 0 Å². The molecule has 0 saturated heterocycles. The van der Waals surface area contributed by atoms with Crippen molar-refractivity contribution in [2.24, 2.45) is 5.92 Å². The van der Waals surface area contributed by atoms with Crippen LogP contribution in [0.1, 0.15) is 49.4 Å². The van der Waals surface area contributed by atoms with Crippen LogP contribution in [0.15, 0.2) is 18.2 Å². The van der Waals surface area contributed by atoms with Crippen molar-refractivity contribution in [1.29, 1.82) is 0 Å². The predicted octanol–water partition coefficient (Wildman–Crippen LogP) is 3.53. The highest BCUT2D eigenvalue weighted by atomic mass is 19.1. The number of hydrogen-bond acceptors (Lipinski definition) is 3. The van der Waals surface area contributed by atoms with Gasteiger partial charge in [0.1, 0.15) is 11.9 Å². The molecule has 19 heavy (non-hydrogen) atoms. The van der Waals surface area contributed by atoms with E-state index in [9.17, 15) is 9.18 Å². The third-order valence-corrected chi connectivity index (χ3v) is 3.74. The van der Waals surface area contributed by atoms with Gasteiger partial charge in [0.05, 0.1) is 5.56 Å². The zero-order valence-corrected chi connectivity index (χ0v) is 11.2. The molecular formula is C15H20FNO2. The highest BCUT2D eigenvalue weighted by Crippen LogP contribution is 2.29. The second-order valence-electron chi connectivity index (χ2n) is 5.24. The molecule has 0 bridgehead atoms. The third kappa shape index (κ3) is 3.69. The maximum Gasteiger partial charge on any atom is 0.338 e. The number of nitrogen functional groups attached to an aromatic ring is 1. The Kier molecular flexibility index (Phi) is 4.40. The highest BCUT2D eigenvalue weighted by molar-refractivity contribution is 5.90. The molecule has 0 aliphatic heterocycles. The van der Waals surface area contributed by atoms with Crippen molar-refractivity contribution in [2.45, 2.75) is 45.1 Å². The number of hydrogen-bond donors (Lipinski definition) is 1. The van der Waals surface area contributed by atoms with Crippen LogP contribution in [0.4, 0.5) is 10.1 Å². The number of benzene rings is 1. The topological polar surface area (TPSA) is 52.3 Å². The lowest BCUT2D eigenvalue weighted by Crippen LogP contribution is -2.25. The van der Waals surface area contributed by atoms with Gasteiger partial charge in [-0.15, -0.1) is 0 Å². The van der Waals surface area contributed by atoms with E-state index in [2.05, 4.69) is 6.92 Å². The zero-order chi connectivity index (χ0) is 13.8. The van der Waals surface area contributed by atoms with E-state index in [-0.39, 0.29) is 17.4 Å². The molecule has 4 heteroatoms. The molecule has 1 aromatic rings. The number of esters is 1. The van der Waals surface area contributed by atoms with Crippen molar-refractivity contribution in [1.82, 2.24) is 0 Å². The summed E-state index contributed by atoms with van der Waals surface area (Å²) in [6.07, 6.45) is 5.16. The van der Waals surface area contributed by atoms with Crippen LogP contribution >= 0.6 is 0 Å². The van der Waals surface area contributed by atoms with Crippen LogP contribution < -0.4 is 5.73 Å². The summed E-state index contributed by atoms with van der Waals surface area (Å²) in [6, 6.07) is 3.80. The fourth-order valence-electron chi connectivity index (χ4n) is 2.67. The lowest BCUT2D eigenvalue weighted by atomic mass is 9.85. The summed E-state index contributed by atoms with van der Waals surface area (Å²) in [7, 11) is 0. The van der Waals surface area contributed by atoms with Gasteiger partial charge in [-0.1, -0.05) is 19.8 Å². The van der Waals surface area contributed by atoms with Crippen LogP contribution in [0.3, 0.4) is 0 Å². The molecule has 2 atom stereocenters. The number of ether oxygens (including phenoxy) is 1. The second kappa shape index (κ2) is 6.04. The first-order chi connectivity index (χ1) is 9.08. The molecule has 2 unspecified atom stereocenters. The maximum atomic E-state index is 13.2. The van der Waals surface area contributed by atoms with Gasteiger partial charge in [-0.2, -0.15) is 0 Å². The van der Waals surface area contributed by atoms with Gasteiger partial charge < -0.3 is 10.5 Å². The molecule has 3 nitrogen and oxygen atoms in total. The number of rotatable bonds is 3. The summed E-state index contributed by atoms with van der Waals surface area (Å²) < 4.78 is 18.7. The molecule has 0 spiro atoms.